The molecule has 31 heavy (non-hydrogen) atoms. The van der Waals surface area contributed by atoms with Crippen molar-refractivity contribution < 1.29 is 4.79 Å². The van der Waals surface area contributed by atoms with Crippen molar-refractivity contribution in [3.63, 3.8) is 0 Å². The standard InChI is InChI=1S/C21H21ClN8O/c1-2-4-16-12-18(29-28-16)25-20-24-17(8-7-14-5-3-6-15(22)11-14)26-21(27-20)30-10-9-23-19(31)13-30/h2-8,11-12H,9-10,13H2,1H3,(H,23,31)(H2,24,25,26,27,28,29)/b4-2+,8-7+. The first-order valence-electron chi connectivity index (χ1n) is 9.75. The van der Waals surface area contributed by atoms with E-state index in [0.29, 0.717) is 41.7 Å². The van der Waals surface area contributed by atoms with Crippen LogP contribution < -0.4 is 15.5 Å². The second-order valence-corrected chi connectivity index (χ2v) is 7.25. The summed E-state index contributed by atoms with van der Waals surface area (Å²) in [7, 11) is 0. The second kappa shape index (κ2) is 9.40. The molecule has 2 aromatic heterocycles. The highest BCUT2D eigenvalue weighted by molar-refractivity contribution is 6.30. The number of hydrogen-bond donors (Lipinski definition) is 3. The molecular weight excluding hydrogens is 416 g/mol. The molecule has 4 rings (SSSR count). The molecule has 1 aliphatic heterocycles. The molecule has 0 spiro atoms. The topological polar surface area (TPSA) is 112 Å². The third-order valence-corrected chi connectivity index (χ3v) is 4.65. The number of hydrogen-bond acceptors (Lipinski definition) is 7. The van der Waals surface area contributed by atoms with Crippen molar-refractivity contribution in [2.45, 2.75) is 6.92 Å². The first kappa shape index (κ1) is 20.5. The smallest absolute Gasteiger partial charge is 0.239 e. The minimum atomic E-state index is -0.0690. The maximum Gasteiger partial charge on any atom is 0.239 e. The molecule has 1 fully saturated rings. The molecular formula is C21H21ClN8O. The second-order valence-electron chi connectivity index (χ2n) is 6.81. The van der Waals surface area contributed by atoms with Gasteiger partial charge in [0.1, 0.15) is 0 Å². The molecule has 1 amide bonds. The van der Waals surface area contributed by atoms with Crippen LogP contribution in [0.4, 0.5) is 17.7 Å². The van der Waals surface area contributed by atoms with Crippen molar-refractivity contribution in [3.8, 4) is 0 Å². The fraction of sp³-hybridized carbons (Fsp3) is 0.190. The van der Waals surface area contributed by atoms with E-state index in [-0.39, 0.29) is 12.5 Å². The van der Waals surface area contributed by atoms with Crippen LogP contribution in [0.15, 0.2) is 36.4 Å². The Morgan fingerprint density at radius 3 is 2.87 bits per heavy atom. The van der Waals surface area contributed by atoms with E-state index in [0.717, 1.165) is 11.3 Å². The van der Waals surface area contributed by atoms with E-state index in [1.54, 1.807) is 6.08 Å². The molecule has 0 radical (unpaired) electrons. The largest absolute Gasteiger partial charge is 0.353 e. The Morgan fingerprint density at radius 2 is 2.06 bits per heavy atom. The molecule has 0 unspecified atom stereocenters. The van der Waals surface area contributed by atoms with Crippen LogP contribution in [0.3, 0.4) is 0 Å². The number of H-pyrrole nitrogens is 1. The zero-order valence-electron chi connectivity index (χ0n) is 16.8. The van der Waals surface area contributed by atoms with Crippen molar-refractivity contribution in [2.75, 3.05) is 29.9 Å². The van der Waals surface area contributed by atoms with Crippen LogP contribution in [0.5, 0.6) is 0 Å². The van der Waals surface area contributed by atoms with Gasteiger partial charge in [-0.15, -0.1) is 0 Å². The summed E-state index contributed by atoms with van der Waals surface area (Å²) in [5, 5.41) is 13.7. The van der Waals surface area contributed by atoms with Crippen molar-refractivity contribution in [2.24, 2.45) is 0 Å². The lowest BCUT2D eigenvalue weighted by atomic mass is 10.2. The number of allylic oxidation sites excluding steroid dienone is 1. The molecule has 0 aliphatic carbocycles. The van der Waals surface area contributed by atoms with Crippen LogP contribution in [0.25, 0.3) is 18.2 Å². The molecule has 0 saturated carbocycles. The van der Waals surface area contributed by atoms with Crippen LogP contribution in [0.1, 0.15) is 24.0 Å². The fourth-order valence-corrected chi connectivity index (χ4v) is 3.22. The maximum atomic E-state index is 11.8. The van der Waals surface area contributed by atoms with E-state index in [2.05, 4.69) is 35.8 Å². The lowest BCUT2D eigenvalue weighted by Crippen LogP contribution is -2.48. The van der Waals surface area contributed by atoms with Gasteiger partial charge in [0.15, 0.2) is 11.6 Å². The van der Waals surface area contributed by atoms with Crippen LogP contribution in [-0.4, -0.2) is 50.7 Å². The minimum Gasteiger partial charge on any atom is -0.353 e. The molecule has 3 N–H and O–H groups in total. The molecule has 3 aromatic rings. The first-order chi connectivity index (χ1) is 15.1. The Kier molecular flexibility index (Phi) is 6.23. The lowest BCUT2D eigenvalue weighted by Gasteiger charge is -2.26. The van der Waals surface area contributed by atoms with E-state index >= 15 is 0 Å². The van der Waals surface area contributed by atoms with Crippen molar-refractivity contribution in [3.05, 3.63) is 58.5 Å². The highest BCUT2D eigenvalue weighted by Crippen LogP contribution is 2.18. The average Bonchev–Trinajstić information content (AvgIpc) is 3.19. The number of piperazine rings is 1. The zero-order valence-corrected chi connectivity index (χ0v) is 17.6. The summed E-state index contributed by atoms with van der Waals surface area (Å²) in [5.41, 5.74) is 1.78. The minimum absolute atomic E-state index is 0.0690. The number of carbonyl (C=O) groups excluding carboxylic acids is 1. The summed E-state index contributed by atoms with van der Waals surface area (Å²) in [5.74, 6) is 1.71. The first-order valence-corrected chi connectivity index (χ1v) is 10.1. The fourth-order valence-electron chi connectivity index (χ4n) is 3.02. The quantitative estimate of drug-likeness (QED) is 0.544. The number of aromatic amines is 1. The molecule has 10 heteroatoms. The van der Waals surface area contributed by atoms with Gasteiger partial charge in [0.05, 0.1) is 12.2 Å². The zero-order chi connectivity index (χ0) is 21.6. The summed E-state index contributed by atoms with van der Waals surface area (Å²) in [6.07, 6.45) is 7.47. The third-order valence-electron chi connectivity index (χ3n) is 4.42. The van der Waals surface area contributed by atoms with E-state index in [4.69, 9.17) is 11.6 Å². The number of nitrogens with zero attached hydrogens (tertiary/aromatic N) is 5. The maximum absolute atomic E-state index is 11.8. The average molecular weight is 437 g/mol. The summed E-state index contributed by atoms with van der Waals surface area (Å²) < 4.78 is 0. The number of rotatable bonds is 6. The number of nitrogens with one attached hydrogen (secondary N) is 3. The number of aromatic nitrogens is 5. The molecule has 158 valence electrons. The summed E-state index contributed by atoms with van der Waals surface area (Å²) in [4.78, 5) is 27.2. The van der Waals surface area contributed by atoms with E-state index < -0.39 is 0 Å². The van der Waals surface area contributed by atoms with Gasteiger partial charge in [-0.25, -0.2) is 0 Å². The summed E-state index contributed by atoms with van der Waals surface area (Å²) in [6.45, 7) is 3.27. The molecule has 1 aliphatic rings. The van der Waals surface area contributed by atoms with Crippen molar-refractivity contribution in [1.29, 1.82) is 0 Å². The van der Waals surface area contributed by atoms with Crippen molar-refractivity contribution >= 4 is 53.5 Å². The van der Waals surface area contributed by atoms with Crippen LogP contribution >= 0.6 is 11.6 Å². The van der Waals surface area contributed by atoms with E-state index in [1.165, 1.54) is 0 Å². The Labute approximate surface area is 184 Å². The monoisotopic (exact) mass is 436 g/mol. The predicted molar refractivity (Wildman–Crippen MR) is 122 cm³/mol. The van der Waals surface area contributed by atoms with Crippen LogP contribution in [0, 0.1) is 0 Å². The molecule has 0 bridgehead atoms. The van der Waals surface area contributed by atoms with Gasteiger partial charge in [0.25, 0.3) is 0 Å². The van der Waals surface area contributed by atoms with Gasteiger partial charge < -0.3 is 15.5 Å². The van der Waals surface area contributed by atoms with Gasteiger partial charge in [0.2, 0.25) is 17.8 Å². The van der Waals surface area contributed by atoms with Gasteiger partial charge >= 0.3 is 0 Å². The van der Waals surface area contributed by atoms with Gasteiger partial charge in [-0.3, -0.25) is 9.89 Å². The molecule has 9 nitrogen and oxygen atoms in total. The number of anilines is 3. The number of amides is 1. The lowest BCUT2D eigenvalue weighted by molar-refractivity contribution is -0.120. The Morgan fingerprint density at radius 1 is 1.16 bits per heavy atom. The number of halogens is 1. The van der Waals surface area contributed by atoms with Crippen molar-refractivity contribution in [1.82, 2.24) is 30.5 Å². The van der Waals surface area contributed by atoms with Gasteiger partial charge in [-0.2, -0.15) is 20.1 Å². The summed E-state index contributed by atoms with van der Waals surface area (Å²) in [6, 6.07) is 9.32. The Bertz CT molecular complexity index is 1140. The third kappa shape index (κ3) is 5.46. The molecule has 0 atom stereocenters. The molecule has 3 heterocycles. The van der Waals surface area contributed by atoms with E-state index in [9.17, 15) is 4.79 Å². The Hall–Kier alpha value is -3.72. The van der Waals surface area contributed by atoms with Crippen LogP contribution in [-0.2, 0) is 4.79 Å². The summed E-state index contributed by atoms with van der Waals surface area (Å²) >= 11 is 6.06. The number of benzene rings is 1. The normalized spacial score (nSPS) is 14.4. The number of carbonyl (C=O) groups is 1. The molecule has 1 aromatic carbocycles. The highest BCUT2D eigenvalue weighted by atomic mass is 35.5. The SMILES string of the molecule is C/C=C/c1cc(Nc2nc(/C=C/c3cccc(Cl)c3)nc(N3CCNC(=O)C3)n2)n[nH]1. The highest BCUT2D eigenvalue weighted by Gasteiger charge is 2.20. The van der Waals surface area contributed by atoms with Gasteiger partial charge in [-0.1, -0.05) is 35.9 Å². The van der Waals surface area contributed by atoms with Gasteiger partial charge in [-0.05, 0) is 36.8 Å². The predicted octanol–water partition coefficient (Wildman–Crippen LogP) is 3.13. The Balaban J connectivity index is 1.64. The molecule has 1 saturated heterocycles. The van der Waals surface area contributed by atoms with Gasteiger partial charge in [0, 0.05) is 24.2 Å². The van der Waals surface area contributed by atoms with E-state index in [1.807, 2.05) is 60.4 Å². The van der Waals surface area contributed by atoms with Crippen LogP contribution in [0.2, 0.25) is 5.02 Å².